The molecule has 2 aliphatic heterocycles. The Balaban J connectivity index is 1.01. The molecule has 1 aromatic heterocycles. The first-order valence-corrected chi connectivity index (χ1v) is 36.9. The molecule has 5 aromatic rings. The molecule has 8 rings (SSSR count). The number of nitrogens with zero attached hydrogens (tertiary/aromatic N) is 2. The van der Waals surface area contributed by atoms with Crippen LogP contribution in [0, 0.1) is 5.92 Å². The minimum atomic E-state index is -4.15. The molecule has 0 spiro atoms. The Kier molecular flexibility index (Phi) is 26.1. The number of hydrogen-bond donors (Lipinski definition) is 9. The number of rotatable bonds is 38. The zero-order valence-electron chi connectivity index (χ0n) is 56.5. The highest BCUT2D eigenvalue weighted by Gasteiger charge is 2.44. The standard InChI is InChI=1S/C74H90N6O17S2/c1-73(2)57-23-7-10-26-62(57)79(41-13-15-43-98(91,92)93)65(73)38-32-50-19-17-20-51(33-39-66-74(3,4)58-24-8-11-27-63(58)80(66)42-14-16-44-99(94,95)96)69(50)97-55-35-30-49(31-36-55)45-52(70(86)87)47-64(82)61(46-53-48-76-59-25-9-6-22-56(53)59)77-67(83)28-12-5-21-54(81)34-37-60(71(88)89)78-72(90)75-40-18-29-68(84)85/h6-11,22-27,30-33,35-36,38-39,48,52,60-61,76H,5,12-21,28-29,34,37,40-47H2,1-4H3,(H7-,75,77,78,83,84,85,86,87,88,89,90,91,92,93,94,95,96)/p+1/t52-,60+,61+/m1/s1. The van der Waals surface area contributed by atoms with E-state index in [1.54, 1.807) is 30.5 Å². The summed E-state index contributed by atoms with van der Waals surface area (Å²) in [4.78, 5) is 94.3. The molecule has 3 aliphatic rings. The molecule has 4 aromatic carbocycles. The number of urea groups is 1. The number of benzene rings is 4. The number of allylic oxidation sites excluding steroid dienone is 7. The van der Waals surface area contributed by atoms with E-state index < -0.39 is 91.1 Å². The Morgan fingerprint density at radius 3 is 2.06 bits per heavy atom. The molecule has 0 radical (unpaired) electrons. The molecule has 0 fully saturated rings. The summed E-state index contributed by atoms with van der Waals surface area (Å²) in [6, 6.07) is 27.4. The summed E-state index contributed by atoms with van der Waals surface area (Å²) in [5.74, 6) is -5.72. The van der Waals surface area contributed by atoms with Crippen LogP contribution in [0.15, 0.2) is 150 Å². The van der Waals surface area contributed by atoms with Crippen LogP contribution in [0.5, 0.6) is 5.75 Å². The summed E-state index contributed by atoms with van der Waals surface area (Å²) in [5, 5.41) is 37.5. The number of amides is 3. The summed E-state index contributed by atoms with van der Waals surface area (Å²) in [7, 11) is -8.29. The molecule has 0 unspecified atom stereocenters. The van der Waals surface area contributed by atoms with Gasteiger partial charge in [-0.25, -0.2) is 9.59 Å². The smallest absolute Gasteiger partial charge is 0.326 e. The summed E-state index contributed by atoms with van der Waals surface area (Å²) in [6.45, 7) is 9.59. The first-order valence-electron chi connectivity index (χ1n) is 33.7. The number of anilines is 1. The van der Waals surface area contributed by atoms with Gasteiger partial charge in [0, 0.05) is 110 Å². The average molecular weight is 1400 g/mol. The summed E-state index contributed by atoms with van der Waals surface area (Å²) in [5.41, 5.74) is 9.19. The zero-order valence-corrected chi connectivity index (χ0v) is 58.1. The highest BCUT2D eigenvalue weighted by molar-refractivity contribution is 7.86. The van der Waals surface area contributed by atoms with Crippen molar-refractivity contribution in [2.45, 2.75) is 166 Å². The first-order chi connectivity index (χ1) is 47.0. The Morgan fingerprint density at radius 1 is 0.677 bits per heavy atom. The van der Waals surface area contributed by atoms with Gasteiger partial charge in [-0.2, -0.15) is 21.4 Å². The number of aliphatic carboxylic acids is 3. The average Bonchev–Trinajstić information content (AvgIpc) is 1.61. The highest BCUT2D eigenvalue weighted by Crippen LogP contribution is 2.48. The van der Waals surface area contributed by atoms with Gasteiger partial charge in [-0.1, -0.05) is 86.7 Å². The van der Waals surface area contributed by atoms with Crippen molar-refractivity contribution in [2.75, 3.05) is 36.0 Å². The van der Waals surface area contributed by atoms with Crippen LogP contribution in [-0.4, -0.2) is 141 Å². The number of carboxylic acids is 3. The van der Waals surface area contributed by atoms with Gasteiger partial charge < -0.3 is 45.9 Å². The van der Waals surface area contributed by atoms with Gasteiger partial charge in [-0.05, 0) is 149 Å². The van der Waals surface area contributed by atoms with E-state index in [-0.39, 0.29) is 101 Å². The zero-order chi connectivity index (χ0) is 71.7. The fourth-order valence-electron chi connectivity index (χ4n) is 13.3. The fraction of sp³-hybridized carbons (Fsp3) is 0.432. The van der Waals surface area contributed by atoms with Gasteiger partial charge >= 0.3 is 23.9 Å². The largest absolute Gasteiger partial charge is 0.481 e. The number of hydrogen-bond acceptors (Lipinski definition) is 13. The monoisotopic (exact) mass is 1400 g/mol. The molecule has 3 atom stereocenters. The Bertz CT molecular complexity index is 4200. The summed E-state index contributed by atoms with van der Waals surface area (Å²) < 4.78 is 75.1. The van der Waals surface area contributed by atoms with Crippen LogP contribution in [0.25, 0.3) is 10.9 Å². The number of para-hydroxylation sites is 3. The third-order valence-corrected chi connectivity index (χ3v) is 20.2. The summed E-state index contributed by atoms with van der Waals surface area (Å²) in [6.07, 6.45) is 13.3. The van der Waals surface area contributed by atoms with E-state index in [1.807, 2.05) is 60.7 Å². The van der Waals surface area contributed by atoms with Crippen molar-refractivity contribution >= 4 is 89.6 Å². The van der Waals surface area contributed by atoms with Crippen molar-refractivity contribution in [3.8, 4) is 5.75 Å². The van der Waals surface area contributed by atoms with Gasteiger partial charge in [0.1, 0.15) is 29.9 Å². The van der Waals surface area contributed by atoms with Gasteiger partial charge in [-0.15, -0.1) is 0 Å². The number of unbranched alkanes of at least 4 members (excludes halogenated alkanes) is 3. The third-order valence-electron chi connectivity index (χ3n) is 18.5. The lowest BCUT2D eigenvalue weighted by Gasteiger charge is -2.27. The predicted octanol–water partition coefficient (Wildman–Crippen LogP) is 11.0. The van der Waals surface area contributed by atoms with Crippen molar-refractivity contribution in [1.82, 2.24) is 20.9 Å². The van der Waals surface area contributed by atoms with E-state index in [0.717, 1.165) is 67.9 Å². The van der Waals surface area contributed by atoms with Gasteiger partial charge in [0.2, 0.25) is 11.6 Å². The van der Waals surface area contributed by atoms with E-state index in [9.17, 15) is 69.7 Å². The lowest BCUT2D eigenvalue weighted by molar-refractivity contribution is -0.438. The number of carboxylic acid groups (broad SMARTS) is 3. The number of nitrogens with one attached hydrogen (secondary N) is 4. The van der Waals surface area contributed by atoms with Gasteiger partial charge in [-0.3, -0.25) is 33.1 Å². The molecule has 0 saturated carbocycles. The van der Waals surface area contributed by atoms with Crippen molar-refractivity contribution in [3.63, 3.8) is 0 Å². The quantitative estimate of drug-likeness (QED) is 0.0101. The Labute approximate surface area is 578 Å². The van der Waals surface area contributed by atoms with Crippen LogP contribution >= 0.6 is 0 Å². The normalized spacial score (nSPS) is 16.8. The lowest BCUT2D eigenvalue weighted by atomic mass is 9.81. The van der Waals surface area contributed by atoms with Crippen molar-refractivity contribution in [2.24, 2.45) is 5.92 Å². The maximum atomic E-state index is 14.5. The Hall–Kier alpha value is -9.04. The van der Waals surface area contributed by atoms with Crippen LogP contribution in [0.1, 0.15) is 153 Å². The lowest BCUT2D eigenvalue weighted by Crippen LogP contribution is -2.46. The van der Waals surface area contributed by atoms with Gasteiger partial charge in [0.05, 0.1) is 28.9 Å². The first kappa shape index (κ1) is 75.7. The molecule has 0 saturated heterocycles. The molecule has 99 heavy (non-hydrogen) atoms. The van der Waals surface area contributed by atoms with Crippen LogP contribution in [0.4, 0.5) is 16.2 Å². The van der Waals surface area contributed by atoms with Crippen LogP contribution < -0.4 is 25.6 Å². The molecular formula is C74H91N6O17S2+. The van der Waals surface area contributed by atoms with E-state index >= 15 is 0 Å². The van der Waals surface area contributed by atoms with Crippen molar-refractivity contribution in [3.05, 3.63) is 172 Å². The molecule has 9 N–H and O–H groups in total. The minimum absolute atomic E-state index is 0.0109. The number of aromatic amines is 1. The fourth-order valence-corrected chi connectivity index (χ4v) is 14.4. The number of ether oxygens (including phenoxy) is 1. The number of H-pyrrole nitrogens is 1. The topological polar surface area (TPSA) is 356 Å². The maximum Gasteiger partial charge on any atom is 0.326 e. The minimum Gasteiger partial charge on any atom is -0.481 e. The van der Waals surface area contributed by atoms with Crippen LogP contribution in [0.2, 0.25) is 0 Å². The molecule has 3 heterocycles. The van der Waals surface area contributed by atoms with E-state index in [4.69, 9.17) is 9.84 Å². The summed E-state index contributed by atoms with van der Waals surface area (Å²) >= 11 is 0. The SMILES string of the molecule is CC1(C)C(=CC=C2CCCC(C=CC3=[N+](CCCCS(=O)(=O)O)c4ccccc4C3(C)C)=C2Oc2ccc(C[C@H](CC(=O)[C@H](Cc3c[nH]c4ccccc34)NC(=O)CCCCC(=O)CC[C@H](NC(=O)NCCCC(=O)O)C(=O)O)C(=O)O)cc2)N(CCCCS(=O)(=O)O)c2ccccc21. The van der Waals surface area contributed by atoms with Crippen molar-refractivity contribution < 1.29 is 84.1 Å². The number of ketones is 2. The molecule has 3 amide bonds. The number of Topliss-reactive ketones (excluding diaryl/α,β-unsaturated/α-hetero) is 2. The Morgan fingerprint density at radius 2 is 1.35 bits per heavy atom. The van der Waals surface area contributed by atoms with E-state index in [2.05, 4.69) is 94.5 Å². The van der Waals surface area contributed by atoms with E-state index in [1.165, 1.54) is 0 Å². The predicted molar refractivity (Wildman–Crippen MR) is 377 cm³/mol. The molecule has 23 nitrogen and oxygen atoms in total. The molecule has 530 valence electrons. The van der Waals surface area contributed by atoms with E-state index in [0.29, 0.717) is 55.8 Å². The number of fused-ring (bicyclic) bond motifs is 3. The van der Waals surface area contributed by atoms with Crippen LogP contribution in [0.3, 0.4) is 0 Å². The van der Waals surface area contributed by atoms with Gasteiger partial charge in [0.25, 0.3) is 20.2 Å². The highest BCUT2D eigenvalue weighted by atomic mass is 32.2. The van der Waals surface area contributed by atoms with Crippen molar-refractivity contribution in [1.29, 1.82) is 0 Å². The van der Waals surface area contributed by atoms with Crippen LogP contribution in [-0.2, 0) is 72.7 Å². The second kappa shape index (κ2) is 34.2. The molecule has 25 heteroatoms. The maximum absolute atomic E-state index is 14.5. The second-order valence-electron chi connectivity index (χ2n) is 26.7. The number of carbonyl (C=O) groups excluding carboxylic acids is 4. The van der Waals surface area contributed by atoms with Gasteiger partial charge in [0.15, 0.2) is 11.5 Å². The third kappa shape index (κ3) is 21.2. The molecule has 0 bridgehead atoms. The number of carbonyl (C=O) groups is 7. The molecule has 1 aliphatic carbocycles. The molecular weight excluding hydrogens is 1310 g/mol. The number of aromatic nitrogens is 1. The second-order valence-corrected chi connectivity index (χ2v) is 29.8.